The molecule has 11 heteroatoms. The van der Waals surface area contributed by atoms with E-state index in [1.807, 2.05) is 0 Å². The number of nitro groups is 1. The standard InChI is InChI=1S/C14H15ClF3N3O4/c15-9-12(22)20(10-3-5-11(6-4-10)21(24)25)8-2-1-7-19-13(23)14(16,17)18/h3-6H,1-2,7-9H2,(H,19,23). The number of unbranched alkanes of at least 4 members (excludes halogenated alkanes) is 1. The summed E-state index contributed by atoms with van der Waals surface area (Å²) in [6, 6.07) is 5.23. The van der Waals surface area contributed by atoms with Gasteiger partial charge in [-0.25, -0.2) is 0 Å². The van der Waals surface area contributed by atoms with Gasteiger partial charge in [-0.3, -0.25) is 19.7 Å². The Hall–Kier alpha value is -2.36. The molecule has 1 aromatic rings. The van der Waals surface area contributed by atoms with E-state index in [2.05, 4.69) is 0 Å². The summed E-state index contributed by atoms with van der Waals surface area (Å²) in [5.74, 6) is -2.78. The van der Waals surface area contributed by atoms with Crippen molar-refractivity contribution in [2.75, 3.05) is 23.9 Å². The maximum atomic E-state index is 12.0. The molecule has 0 aliphatic heterocycles. The van der Waals surface area contributed by atoms with E-state index in [4.69, 9.17) is 11.6 Å². The summed E-state index contributed by atoms with van der Waals surface area (Å²) in [7, 11) is 0. The molecule has 0 heterocycles. The number of benzene rings is 1. The number of anilines is 1. The molecule has 0 aromatic heterocycles. The Morgan fingerprint density at radius 2 is 1.80 bits per heavy atom. The van der Waals surface area contributed by atoms with Crippen LogP contribution in [0.15, 0.2) is 24.3 Å². The van der Waals surface area contributed by atoms with Crippen LogP contribution in [0.5, 0.6) is 0 Å². The fraction of sp³-hybridized carbons (Fsp3) is 0.429. The summed E-state index contributed by atoms with van der Waals surface area (Å²) >= 11 is 5.53. The van der Waals surface area contributed by atoms with Crippen LogP contribution in [-0.4, -0.2) is 41.9 Å². The summed E-state index contributed by atoms with van der Waals surface area (Å²) in [5, 5.41) is 12.4. The van der Waals surface area contributed by atoms with Crippen LogP contribution in [0.3, 0.4) is 0 Å². The van der Waals surface area contributed by atoms with Gasteiger partial charge in [0.25, 0.3) is 5.69 Å². The quantitative estimate of drug-likeness (QED) is 0.324. The van der Waals surface area contributed by atoms with Crippen molar-refractivity contribution in [1.29, 1.82) is 0 Å². The van der Waals surface area contributed by atoms with Gasteiger partial charge < -0.3 is 10.2 Å². The first kappa shape index (κ1) is 20.7. The Morgan fingerprint density at radius 1 is 1.20 bits per heavy atom. The minimum atomic E-state index is -4.93. The number of halogens is 4. The molecule has 25 heavy (non-hydrogen) atoms. The number of carbonyl (C=O) groups is 2. The van der Waals surface area contributed by atoms with Crippen LogP contribution in [0.1, 0.15) is 12.8 Å². The maximum absolute atomic E-state index is 12.0. The van der Waals surface area contributed by atoms with Gasteiger partial charge in [0, 0.05) is 30.9 Å². The van der Waals surface area contributed by atoms with Gasteiger partial charge in [-0.2, -0.15) is 13.2 Å². The van der Waals surface area contributed by atoms with Crippen molar-refractivity contribution < 1.29 is 27.7 Å². The van der Waals surface area contributed by atoms with E-state index in [1.165, 1.54) is 29.2 Å². The van der Waals surface area contributed by atoms with Crippen LogP contribution in [0.4, 0.5) is 24.5 Å². The molecule has 1 rings (SSSR count). The number of carbonyl (C=O) groups excluding carboxylic acids is 2. The highest BCUT2D eigenvalue weighted by Crippen LogP contribution is 2.20. The van der Waals surface area contributed by atoms with Crippen molar-refractivity contribution in [2.24, 2.45) is 0 Å². The molecule has 0 radical (unpaired) electrons. The number of amides is 2. The lowest BCUT2D eigenvalue weighted by Gasteiger charge is -2.22. The van der Waals surface area contributed by atoms with E-state index < -0.39 is 22.9 Å². The smallest absolute Gasteiger partial charge is 0.348 e. The van der Waals surface area contributed by atoms with Crippen LogP contribution in [0.2, 0.25) is 0 Å². The lowest BCUT2D eigenvalue weighted by atomic mass is 10.2. The molecule has 0 fully saturated rings. The molecule has 2 amide bonds. The second kappa shape index (κ2) is 9.21. The van der Waals surface area contributed by atoms with Crippen molar-refractivity contribution in [3.63, 3.8) is 0 Å². The molecule has 0 atom stereocenters. The minimum absolute atomic E-state index is 0.142. The van der Waals surface area contributed by atoms with Gasteiger partial charge in [0.2, 0.25) is 5.91 Å². The second-order valence-corrected chi connectivity index (χ2v) is 5.18. The average molecular weight is 382 g/mol. The highest BCUT2D eigenvalue weighted by molar-refractivity contribution is 6.29. The first-order valence-electron chi connectivity index (χ1n) is 7.12. The molecule has 0 aliphatic rings. The topological polar surface area (TPSA) is 92.6 Å². The highest BCUT2D eigenvalue weighted by atomic mass is 35.5. The number of nitrogens with zero attached hydrogens (tertiary/aromatic N) is 2. The molecule has 1 aromatic carbocycles. The zero-order valence-corrected chi connectivity index (χ0v) is 13.6. The van der Waals surface area contributed by atoms with E-state index >= 15 is 0 Å². The summed E-state index contributed by atoms with van der Waals surface area (Å²) in [6.07, 6.45) is -4.42. The fourth-order valence-corrected chi connectivity index (χ4v) is 2.07. The Morgan fingerprint density at radius 3 is 2.28 bits per heavy atom. The number of alkyl halides is 4. The van der Waals surface area contributed by atoms with Gasteiger partial charge in [0.05, 0.1) is 4.92 Å². The molecular weight excluding hydrogens is 367 g/mol. The van der Waals surface area contributed by atoms with Gasteiger partial charge in [-0.05, 0) is 25.0 Å². The largest absolute Gasteiger partial charge is 0.471 e. The predicted molar refractivity (Wildman–Crippen MR) is 84.5 cm³/mol. The summed E-state index contributed by atoms with van der Waals surface area (Å²) < 4.78 is 36.1. The molecule has 0 aliphatic carbocycles. The number of rotatable bonds is 8. The van der Waals surface area contributed by atoms with E-state index in [9.17, 15) is 32.9 Å². The Labute approximate surface area is 145 Å². The van der Waals surface area contributed by atoms with Crippen molar-refractivity contribution >= 4 is 34.8 Å². The number of hydrogen-bond donors (Lipinski definition) is 1. The lowest BCUT2D eigenvalue weighted by Crippen LogP contribution is -2.37. The molecule has 0 spiro atoms. The summed E-state index contributed by atoms with van der Waals surface area (Å²) in [6.45, 7) is -0.0488. The first-order chi connectivity index (χ1) is 11.7. The predicted octanol–water partition coefficient (Wildman–Crippen LogP) is 2.63. The molecule has 1 N–H and O–H groups in total. The van der Waals surface area contributed by atoms with Crippen molar-refractivity contribution in [3.8, 4) is 0 Å². The van der Waals surface area contributed by atoms with Gasteiger partial charge in [0.1, 0.15) is 5.88 Å². The molecule has 138 valence electrons. The van der Waals surface area contributed by atoms with E-state index in [0.29, 0.717) is 12.1 Å². The van der Waals surface area contributed by atoms with Crippen LogP contribution in [0, 0.1) is 10.1 Å². The van der Waals surface area contributed by atoms with Crippen LogP contribution in [0.25, 0.3) is 0 Å². The zero-order valence-electron chi connectivity index (χ0n) is 12.9. The SMILES string of the molecule is O=C(CCl)N(CCCCNC(=O)C(F)(F)F)c1ccc([N+](=O)[O-])cc1. The molecule has 0 saturated heterocycles. The van der Waals surface area contributed by atoms with Crippen LogP contribution < -0.4 is 10.2 Å². The summed E-state index contributed by atoms with van der Waals surface area (Å²) in [4.78, 5) is 33.9. The monoisotopic (exact) mass is 381 g/mol. The Balaban J connectivity index is 2.58. The lowest BCUT2D eigenvalue weighted by molar-refractivity contribution is -0.384. The number of hydrogen-bond acceptors (Lipinski definition) is 4. The highest BCUT2D eigenvalue weighted by Gasteiger charge is 2.38. The van der Waals surface area contributed by atoms with E-state index in [0.717, 1.165) is 0 Å². The molecule has 0 unspecified atom stereocenters. The van der Waals surface area contributed by atoms with Gasteiger partial charge in [-0.1, -0.05) is 0 Å². The van der Waals surface area contributed by atoms with Crippen molar-refractivity contribution in [1.82, 2.24) is 5.32 Å². The average Bonchev–Trinajstić information content (AvgIpc) is 2.56. The Bertz CT molecular complexity index is 623. The molecular formula is C14H15ClF3N3O4. The third kappa shape index (κ3) is 6.57. The van der Waals surface area contributed by atoms with E-state index in [-0.39, 0.29) is 31.1 Å². The first-order valence-corrected chi connectivity index (χ1v) is 7.66. The number of non-ortho nitro benzene ring substituents is 1. The third-order valence-electron chi connectivity index (χ3n) is 3.14. The van der Waals surface area contributed by atoms with Gasteiger partial charge >= 0.3 is 12.1 Å². The number of nitro benzene ring substituents is 1. The van der Waals surface area contributed by atoms with Crippen molar-refractivity contribution in [3.05, 3.63) is 34.4 Å². The Kier molecular flexibility index (Phi) is 7.62. The zero-order chi connectivity index (χ0) is 19.0. The fourth-order valence-electron chi connectivity index (χ4n) is 1.92. The maximum Gasteiger partial charge on any atom is 0.471 e. The van der Waals surface area contributed by atoms with Crippen LogP contribution in [-0.2, 0) is 9.59 Å². The molecule has 7 nitrogen and oxygen atoms in total. The normalized spacial score (nSPS) is 11.0. The summed E-state index contributed by atoms with van der Waals surface area (Å²) in [5.41, 5.74) is 0.243. The second-order valence-electron chi connectivity index (χ2n) is 4.91. The molecule has 0 saturated carbocycles. The number of nitrogens with one attached hydrogen (secondary N) is 1. The minimum Gasteiger partial charge on any atom is -0.348 e. The molecule has 0 bridgehead atoms. The van der Waals surface area contributed by atoms with Crippen molar-refractivity contribution in [2.45, 2.75) is 19.0 Å². The van der Waals surface area contributed by atoms with Gasteiger partial charge in [0.15, 0.2) is 0 Å². The van der Waals surface area contributed by atoms with Crippen LogP contribution >= 0.6 is 11.6 Å². The third-order valence-corrected chi connectivity index (χ3v) is 3.37. The van der Waals surface area contributed by atoms with E-state index in [1.54, 1.807) is 5.32 Å². The van der Waals surface area contributed by atoms with Gasteiger partial charge in [-0.15, -0.1) is 11.6 Å².